The SMILES string of the molecule is COC(=O)[C@@H]1C[C@@H](NC(=O)Nc2ccccc2)CN1Cc1ccccc1C(F)(F)F. The van der Waals surface area contributed by atoms with Gasteiger partial charge in [-0.2, -0.15) is 13.2 Å². The summed E-state index contributed by atoms with van der Waals surface area (Å²) in [4.78, 5) is 26.1. The minimum Gasteiger partial charge on any atom is -0.468 e. The highest BCUT2D eigenvalue weighted by Crippen LogP contribution is 2.33. The summed E-state index contributed by atoms with van der Waals surface area (Å²) in [6.45, 7) is 0.127. The second kappa shape index (κ2) is 9.17. The number of nitrogens with one attached hydrogen (secondary N) is 2. The standard InChI is InChI=1S/C21H22F3N3O3/c1-30-19(28)18-11-16(26-20(29)25-15-8-3-2-4-9-15)13-27(18)12-14-7-5-6-10-17(14)21(22,23)24/h2-10,16,18H,11-13H2,1H3,(H2,25,26,29)/t16-,18+/m1/s1. The van der Waals surface area contributed by atoms with Gasteiger partial charge in [-0.3, -0.25) is 9.69 Å². The third-order valence-electron chi connectivity index (χ3n) is 4.94. The van der Waals surface area contributed by atoms with Crippen molar-refractivity contribution in [2.24, 2.45) is 0 Å². The number of ether oxygens (including phenoxy) is 1. The van der Waals surface area contributed by atoms with E-state index in [1.54, 1.807) is 29.2 Å². The first-order valence-corrected chi connectivity index (χ1v) is 9.37. The van der Waals surface area contributed by atoms with E-state index in [-0.39, 0.29) is 25.1 Å². The van der Waals surface area contributed by atoms with Crippen molar-refractivity contribution >= 4 is 17.7 Å². The number of anilines is 1. The molecule has 1 aliphatic heterocycles. The molecule has 2 atom stereocenters. The van der Waals surface area contributed by atoms with Crippen LogP contribution in [0.3, 0.4) is 0 Å². The van der Waals surface area contributed by atoms with Crippen LogP contribution in [0.15, 0.2) is 54.6 Å². The van der Waals surface area contributed by atoms with E-state index in [9.17, 15) is 22.8 Å². The van der Waals surface area contributed by atoms with E-state index in [4.69, 9.17) is 4.74 Å². The van der Waals surface area contributed by atoms with Gasteiger partial charge in [0.2, 0.25) is 0 Å². The van der Waals surface area contributed by atoms with E-state index in [0.717, 1.165) is 6.07 Å². The van der Waals surface area contributed by atoms with Gasteiger partial charge in [-0.05, 0) is 30.2 Å². The van der Waals surface area contributed by atoms with Crippen LogP contribution in [0.4, 0.5) is 23.7 Å². The molecule has 0 aliphatic carbocycles. The molecule has 0 radical (unpaired) electrons. The minimum absolute atomic E-state index is 0.0632. The summed E-state index contributed by atoms with van der Waals surface area (Å²) in [5.41, 5.74) is -0.0754. The molecule has 1 aliphatic rings. The zero-order chi connectivity index (χ0) is 21.7. The van der Waals surface area contributed by atoms with Crippen molar-refractivity contribution in [2.75, 3.05) is 19.0 Å². The van der Waals surface area contributed by atoms with Crippen LogP contribution in [0.2, 0.25) is 0 Å². The van der Waals surface area contributed by atoms with E-state index in [1.807, 2.05) is 6.07 Å². The number of nitrogens with zero attached hydrogens (tertiary/aromatic N) is 1. The molecule has 2 N–H and O–H groups in total. The number of esters is 1. The summed E-state index contributed by atoms with van der Waals surface area (Å²) >= 11 is 0. The second-order valence-electron chi connectivity index (χ2n) is 7.02. The number of likely N-dealkylation sites (tertiary alicyclic amines) is 1. The summed E-state index contributed by atoms with van der Waals surface area (Å²) in [5.74, 6) is -0.549. The lowest BCUT2D eigenvalue weighted by Crippen LogP contribution is -2.39. The van der Waals surface area contributed by atoms with Crippen LogP contribution < -0.4 is 10.6 Å². The van der Waals surface area contributed by atoms with Gasteiger partial charge in [-0.1, -0.05) is 36.4 Å². The molecule has 160 valence electrons. The van der Waals surface area contributed by atoms with Crippen molar-refractivity contribution in [2.45, 2.75) is 31.2 Å². The van der Waals surface area contributed by atoms with Crippen LogP contribution in [0.5, 0.6) is 0 Å². The van der Waals surface area contributed by atoms with E-state index >= 15 is 0 Å². The molecule has 2 amide bonds. The van der Waals surface area contributed by atoms with Crippen molar-refractivity contribution in [1.82, 2.24) is 10.2 Å². The van der Waals surface area contributed by atoms with Crippen LogP contribution in [-0.2, 0) is 22.3 Å². The first kappa shape index (κ1) is 21.6. The van der Waals surface area contributed by atoms with Crippen LogP contribution in [0, 0.1) is 0 Å². The summed E-state index contributed by atoms with van der Waals surface area (Å²) < 4.78 is 44.8. The van der Waals surface area contributed by atoms with E-state index in [2.05, 4.69) is 10.6 Å². The van der Waals surface area contributed by atoms with E-state index in [0.29, 0.717) is 5.69 Å². The maximum atomic E-state index is 13.3. The molecule has 2 aromatic carbocycles. The molecule has 0 aromatic heterocycles. The van der Waals surface area contributed by atoms with Gasteiger partial charge in [0.05, 0.1) is 12.7 Å². The average molecular weight is 421 g/mol. The Morgan fingerprint density at radius 2 is 1.77 bits per heavy atom. The third kappa shape index (κ3) is 5.29. The Morgan fingerprint density at radius 3 is 2.43 bits per heavy atom. The zero-order valence-corrected chi connectivity index (χ0v) is 16.3. The highest BCUT2D eigenvalue weighted by atomic mass is 19.4. The van der Waals surface area contributed by atoms with Gasteiger partial charge < -0.3 is 15.4 Å². The van der Waals surface area contributed by atoms with Crippen molar-refractivity contribution in [3.63, 3.8) is 0 Å². The molecule has 30 heavy (non-hydrogen) atoms. The number of amides is 2. The number of carbonyl (C=O) groups excluding carboxylic acids is 2. The fourth-order valence-electron chi connectivity index (χ4n) is 3.59. The molecule has 2 aromatic rings. The first-order valence-electron chi connectivity index (χ1n) is 9.37. The van der Waals surface area contributed by atoms with Crippen LogP contribution in [0.25, 0.3) is 0 Å². The maximum Gasteiger partial charge on any atom is 0.416 e. The van der Waals surface area contributed by atoms with Crippen molar-refractivity contribution in [3.8, 4) is 0 Å². The fraction of sp³-hybridized carbons (Fsp3) is 0.333. The van der Waals surface area contributed by atoms with Gasteiger partial charge in [0.15, 0.2) is 0 Å². The number of hydrogen-bond donors (Lipinski definition) is 2. The van der Waals surface area contributed by atoms with E-state index in [1.165, 1.54) is 25.3 Å². The highest BCUT2D eigenvalue weighted by molar-refractivity contribution is 5.89. The van der Waals surface area contributed by atoms with Crippen LogP contribution in [0.1, 0.15) is 17.5 Å². The zero-order valence-electron chi connectivity index (χ0n) is 16.3. The Kier molecular flexibility index (Phi) is 6.61. The van der Waals surface area contributed by atoms with Crippen LogP contribution in [-0.4, -0.2) is 42.6 Å². The number of hydrogen-bond acceptors (Lipinski definition) is 4. The van der Waals surface area contributed by atoms with Gasteiger partial charge in [-0.25, -0.2) is 4.79 Å². The quantitative estimate of drug-likeness (QED) is 0.724. The lowest BCUT2D eigenvalue weighted by atomic mass is 10.1. The Labute approximate surface area is 172 Å². The van der Waals surface area contributed by atoms with Crippen LogP contribution >= 0.6 is 0 Å². The van der Waals surface area contributed by atoms with Crippen molar-refractivity contribution < 1.29 is 27.5 Å². The van der Waals surface area contributed by atoms with Gasteiger partial charge in [0.1, 0.15) is 6.04 Å². The molecule has 0 saturated carbocycles. The fourth-order valence-corrected chi connectivity index (χ4v) is 3.59. The molecule has 3 rings (SSSR count). The molecular formula is C21H22F3N3O3. The molecular weight excluding hydrogens is 399 g/mol. The number of halogens is 3. The Bertz CT molecular complexity index is 890. The molecule has 9 heteroatoms. The Balaban J connectivity index is 1.71. The van der Waals surface area contributed by atoms with Gasteiger partial charge in [-0.15, -0.1) is 0 Å². The average Bonchev–Trinajstić information content (AvgIpc) is 3.09. The summed E-state index contributed by atoms with van der Waals surface area (Å²) in [6, 6.07) is 12.5. The first-order chi connectivity index (χ1) is 14.3. The largest absolute Gasteiger partial charge is 0.468 e. The molecule has 1 saturated heterocycles. The predicted molar refractivity (Wildman–Crippen MR) is 105 cm³/mol. The lowest BCUT2D eigenvalue weighted by Gasteiger charge is -2.24. The molecule has 0 unspecified atom stereocenters. The van der Waals surface area contributed by atoms with Gasteiger partial charge >= 0.3 is 18.2 Å². The lowest BCUT2D eigenvalue weighted by molar-refractivity contribution is -0.146. The third-order valence-corrected chi connectivity index (χ3v) is 4.94. The molecule has 6 nitrogen and oxygen atoms in total. The highest BCUT2D eigenvalue weighted by Gasteiger charge is 2.40. The van der Waals surface area contributed by atoms with Crippen molar-refractivity contribution in [1.29, 1.82) is 0 Å². The topological polar surface area (TPSA) is 70.7 Å². The monoisotopic (exact) mass is 421 g/mol. The number of rotatable bonds is 5. The smallest absolute Gasteiger partial charge is 0.416 e. The summed E-state index contributed by atoms with van der Waals surface area (Å²) in [6.07, 6.45) is -4.26. The predicted octanol–water partition coefficient (Wildman–Crippen LogP) is 3.64. The summed E-state index contributed by atoms with van der Waals surface area (Å²) in [7, 11) is 1.23. The van der Waals surface area contributed by atoms with Crippen molar-refractivity contribution in [3.05, 3.63) is 65.7 Å². The molecule has 0 bridgehead atoms. The van der Waals surface area contributed by atoms with Gasteiger partial charge in [0.25, 0.3) is 0 Å². The number of urea groups is 1. The Hall–Kier alpha value is -3.07. The number of alkyl halides is 3. The molecule has 1 heterocycles. The minimum atomic E-state index is -4.50. The summed E-state index contributed by atoms with van der Waals surface area (Å²) in [5, 5.41) is 5.46. The number of benzene rings is 2. The molecule has 1 fully saturated rings. The number of methoxy groups -OCH3 is 1. The number of para-hydroxylation sites is 1. The normalized spacial score (nSPS) is 19.3. The Morgan fingerprint density at radius 1 is 1.10 bits per heavy atom. The van der Waals surface area contributed by atoms with E-state index < -0.39 is 35.8 Å². The maximum absolute atomic E-state index is 13.3. The van der Waals surface area contributed by atoms with Gasteiger partial charge in [0, 0.05) is 24.8 Å². The number of carbonyl (C=O) groups is 2. The second-order valence-corrected chi connectivity index (χ2v) is 7.02. The molecule has 0 spiro atoms.